The summed E-state index contributed by atoms with van der Waals surface area (Å²) in [7, 11) is 0. The molecule has 1 atom stereocenters. The predicted molar refractivity (Wildman–Crippen MR) is 60.3 cm³/mol. The third-order valence-electron chi connectivity index (χ3n) is 3.05. The van der Waals surface area contributed by atoms with Gasteiger partial charge in [-0.2, -0.15) is 0 Å². The summed E-state index contributed by atoms with van der Waals surface area (Å²) in [6.45, 7) is 2.34. The van der Waals surface area contributed by atoms with Gasteiger partial charge in [-0.1, -0.05) is 0 Å². The van der Waals surface area contributed by atoms with E-state index in [2.05, 4.69) is 30.4 Å². The lowest BCUT2D eigenvalue weighted by atomic mass is 10.0. The summed E-state index contributed by atoms with van der Waals surface area (Å²) in [5, 5.41) is 0. The smallest absolute Gasteiger partial charge is 0.133 e. The van der Waals surface area contributed by atoms with E-state index >= 15 is 0 Å². The molecule has 1 aliphatic carbocycles. The van der Waals surface area contributed by atoms with Gasteiger partial charge >= 0.3 is 0 Å². The van der Waals surface area contributed by atoms with Crippen molar-refractivity contribution in [2.45, 2.75) is 36.7 Å². The van der Waals surface area contributed by atoms with E-state index in [4.69, 9.17) is 0 Å². The molecule has 0 amide bonds. The SMILES string of the molecule is CC1(C2CCC(=O)C2)SCCCS1. The molecule has 0 N–H and O–H groups in total. The van der Waals surface area contributed by atoms with Gasteiger partial charge in [0.15, 0.2) is 0 Å². The van der Waals surface area contributed by atoms with Crippen LogP contribution in [0.1, 0.15) is 32.6 Å². The summed E-state index contributed by atoms with van der Waals surface area (Å²) in [5.74, 6) is 3.70. The topological polar surface area (TPSA) is 17.1 Å². The van der Waals surface area contributed by atoms with Crippen LogP contribution >= 0.6 is 23.5 Å². The van der Waals surface area contributed by atoms with Crippen LogP contribution in [0.2, 0.25) is 0 Å². The Morgan fingerprint density at radius 1 is 1.38 bits per heavy atom. The van der Waals surface area contributed by atoms with Gasteiger partial charge in [0.05, 0.1) is 4.08 Å². The summed E-state index contributed by atoms with van der Waals surface area (Å²) in [6.07, 6.45) is 4.15. The second-order valence-corrected chi connectivity index (χ2v) is 7.39. The highest BCUT2D eigenvalue weighted by Crippen LogP contribution is 2.51. The lowest BCUT2D eigenvalue weighted by molar-refractivity contribution is -0.117. The molecule has 2 rings (SSSR count). The molecule has 2 fully saturated rings. The van der Waals surface area contributed by atoms with E-state index in [9.17, 15) is 4.79 Å². The third kappa shape index (κ3) is 2.07. The number of carbonyl (C=O) groups is 1. The molecule has 1 nitrogen and oxygen atoms in total. The van der Waals surface area contributed by atoms with Crippen molar-refractivity contribution in [3.63, 3.8) is 0 Å². The van der Waals surface area contributed by atoms with Crippen LogP contribution in [0, 0.1) is 5.92 Å². The molecule has 1 aliphatic heterocycles. The molecule has 0 aromatic heterocycles. The zero-order valence-corrected chi connectivity index (χ0v) is 9.68. The van der Waals surface area contributed by atoms with E-state index in [0.717, 1.165) is 19.3 Å². The Balaban J connectivity index is 2.01. The fraction of sp³-hybridized carbons (Fsp3) is 0.900. The van der Waals surface area contributed by atoms with Crippen molar-refractivity contribution in [3.05, 3.63) is 0 Å². The van der Waals surface area contributed by atoms with Crippen molar-refractivity contribution in [3.8, 4) is 0 Å². The first kappa shape index (κ1) is 9.91. The Hall–Kier alpha value is 0.370. The van der Waals surface area contributed by atoms with Gasteiger partial charge in [0.25, 0.3) is 0 Å². The van der Waals surface area contributed by atoms with Crippen LogP contribution in [0.15, 0.2) is 0 Å². The largest absolute Gasteiger partial charge is 0.300 e. The molecule has 0 spiro atoms. The second-order valence-electron chi connectivity index (χ2n) is 4.04. The molecule has 1 saturated carbocycles. The van der Waals surface area contributed by atoms with Crippen LogP contribution in [-0.2, 0) is 4.79 Å². The van der Waals surface area contributed by atoms with Gasteiger partial charge in [0, 0.05) is 12.8 Å². The van der Waals surface area contributed by atoms with E-state index in [1.54, 1.807) is 0 Å². The predicted octanol–water partition coefficient (Wildman–Crippen LogP) is 2.94. The van der Waals surface area contributed by atoms with Crippen molar-refractivity contribution >= 4 is 29.3 Å². The van der Waals surface area contributed by atoms with E-state index in [1.165, 1.54) is 17.9 Å². The Bertz CT molecular complexity index is 209. The van der Waals surface area contributed by atoms with E-state index in [0.29, 0.717) is 15.8 Å². The molecule has 3 heteroatoms. The van der Waals surface area contributed by atoms with Crippen LogP contribution in [-0.4, -0.2) is 21.4 Å². The van der Waals surface area contributed by atoms with Gasteiger partial charge in [-0.3, -0.25) is 4.79 Å². The second kappa shape index (κ2) is 3.85. The minimum Gasteiger partial charge on any atom is -0.300 e. The average Bonchev–Trinajstić information content (AvgIpc) is 2.54. The van der Waals surface area contributed by atoms with Gasteiger partial charge < -0.3 is 0 Å². The molecule has 74 valence electrons. The fourth-order valence-corrected chi connectivity index (χ4v) is 5.43. The standard InChI is InChI=1S/C10H16OS2/c1-10(12-5-2-6-13-10)8-3-4-9(11)7-8/h8H,2-7H2,1H3. The summed E-state index contributed by atoms with van der Waals surface area (Å²) in [5.41, 5.74) is 0. The quantitative estimate of drug-likeness (QED) is 0.671. The highest BCUT2D eigenvalue weighted by atomic mass is 32.2. The minimum atomic E-state index is 0.352. The van der Waals surface area contributed by atoms with Crippen molar-refractivity contribution in [1.82, 2.24) is 0 Å². The van der Waals surface area contributed by atoms with E-state index in [1.807, 2.05) is 0 Å². The number of carbonyl (C=O) groups excluding carboxylic acids is 1. The summed E-state index contributed by atoms with van der Waals surface area (Å²) >= 11 is 4.15. The van der Waals surface area contributed by atoms with Crippen molar-refractivity contribution in [1.29, 1.82) is 0 Å². The van der Waals surface area contributed by atoms with E-state index < -0.39 is 0 Å². The summed E-state index contributed by atoms with van der Waals surface area (Å²) in [4.78, 5) is 11.2. The first-order valence-electron chi connectivity index (χ1n) is 5.00. The molecule has 13 heavy (non-hydrogen) atoms. The van der Waals surface area contributed by atoms with Gasteiger partial charge in [-0.05, 0) is 37.2 Å². The fourth-order valence-electron chi connectivity index (χ4n) is 2.15. The molecule has 1 saturated heterocycles. The number of hydrogen-bond acceptors (Lipinski definition) is 3. The van der Waals surface area contributed by atoms with Crippen LogP contribution in [0.5, 0.6) is 0 Å². The minimum absolute atomic E-state index is 0.352. The summed E-state index contributed by atoms with van der Waals surface area (Å²) in [6, 6.07) is 0. The Labute approximate surface area is 88.4 Å². The van der Waals surface area contributed by atoms with Crippen LogP contribution < -0.4 is 0 Å². The molecular weight excluding hydrogens is 200 g/mol. The molecule has 0 aromatic carbocycles. The van der Waals surface area contributed by atoms with Crippen molar-refractivity contribution < 1.29 is 4.79 Å². The molecule has 1 unspecified atom stereocenters. The zero-order chi connectivity index (χ0) is 9.31. The molecule has 2 aliphatic rings. The Kier molecular flexibility index (Phi) is 2.94. The maximum absolute atomic E-state index is 11.2. The maximum Gasteiger partial charge on any atom is 0.133 e. The van der Waals surface area contributed by atoms with Gasteiger partial charge in [0.1, 0.15) is 5.78 Å². The molecule has 0 bridgehead atoms. The van der Waals surface area contributed by atoms with Crippen LogP contribution in [0.4, 0.5) is 0 Å². The molecule has 1 heterocycles. The zero-order valence-electron chi connectivity index (χ0n) is 8.04. The number of rotatable bonds is 1. The maximum atomic E-state index is 11.2. The first-order valence-corrected chi connectivity index (χ1v) is 6.97. The monoisotopic (exact) mass is 216 g/mol. The van der Waals surface area contributed by atoms with Gasteiger partial charge in [-0.15, -0.1) is 23.5 Å². The van der Waals surface area contributed by atoms with Crippen LogP contribution in [0.3, 0.4) is 0 Å². The molecular formula is C10H16OS2. The normalized spacial score (nSPS) is 33.6. The average molecular weight is 216 g/mol. The van der Waals surface area contributed by atoms with Crippen LogP contribution in [0.25, 0.3) is 0 Å². The highest BCUT2D eigenvalue weighted by Gasteiger charge is 2.40. The lowest BCUT2D eigenvalue weighted by Crippen LogP contribution is -2.29. The lowest BCUT2D eigenvalue weighted by Gasteiger charge is -2.37. The first-order chi connectivity index (χ1) is 6.21. The van der Waals surface area contributed by atoms with Crippen molar-refractivity contribution in [2.75, 3.05) is 11.5 Å². The van der Waals surface area contributed by atoms with Gasteiger partial charge in [0.2, 0.25) is 0 Å². The Morgan fingerprint density at radius 2 is 2.08 bits per heavy atom. The molecule has 0 aromatic rings. The number of ketones is 1. The van der Waals surface area contributed by atoms with E-state index in [-0.39, 0.29) is 0 Å². The number of hydrogen-bond donors (Lipinski definition) is 0. The number of thioether (sulfide) groups is 2. The molecule has 0 radical (unpaired) electrons. The highest BCUT2D eigenvalue weighted by molar-refractivity contribution is 8.18. The summed E-state index contributed by atoms with van der Waals surface area (Å²) < 4.78 is 0.352. The number of Topliss-reactive ketones (excluding diaryl/α,β-unsaturated/α-hetero) is 1. The third-order valence-corrected chi connectivity index (χ3v) is 6.56. The Morgan fingerprint density at radius 3 is 2.62 bits per heavy atom. The van der Waals surface area contributed by atoms with Gasteiger partial charge in [-0.25, -0.2) is 0 Å². The van der Waals surface area contributed by atoms with Crippen molar-refractivity contribution in [2.24, 2.45) is 5.92 Å².